The minimum Gasteiger partial charge on any atom is -0.477 e. The number of nitrogens with zero attached hydrogens (tertiary/aromatic N) is 2. The van der Waals surface area contributed by atoms with Gasteiger partial charge in [0.25, 0.3) is 5.56 Å². The molecule has 0 atom stereocenters. The molecule has 0 N–H and O–H groups in total. The maximum absolute atomic E-state index is 13.0. The molecular formula is C18H17BrN2O2. The molecule has 0 aliphatic heterocycles. The zero-order valence-corrected chi connectivity index (χ0v) is 14.4. The molecule has 0 aliphatic carbocycles. The smallest absolute Gasteiger partial charge is 0.269 e. The standard InChI is InChI=1S/C18H17BrN2O2/c1-2-3-11-23-17-16(13-7-5-4-6-8-13)18(22)21-12-14(19)9-10-15(21)20-17/h4-10,12H,2-3,11H2,1H3. The summed E-state index contributed by atoms with van der Waals surface area (Å²) in [5.41, 5.74) is 1.75. The molecule has 3 rings (SSSR count). The number of hydrogen-bond acceptors (Lipinski definition) is 3. The van der Waals surface area contributed by atoms with Gasteiger partial charge in [0.2, 0.25) is 5.88 Å². The van der Waals surface area contributed by atoms with E-state index in [1.807, 2.05) is 36.4 Å². The molecule has 5 heteroatoms. The molecule has 23 heavy (non-hydrogen) atoms. The second-order valence-electron chi connectivity index (χ2n) is 5.24. The molecule has 0 aliphatic rings. The van der Waals surface area contributed by atoms with Gasteiger partial charge in [-0.15, -0.1) is 0 Å². The minimum absolute atomic E-state index is 0.131. The van der Waals surface area contributed by atoms with E-state index in [4.69, 9.17) is 4.74 Å². The van der Waals surface area contributed by atoms with Crippen molar-refractivity contribution in [3.8, 4) is 17.0 Å². The molecule has 0 spiro atoms. The lowest BCUT2D eigenvalue weighted by Crippen LogP contribution is -2.19. The average Bonchev–Trinajstić information content (AvgIpc) is 2.57. The molecule has 0 saturated carbocycles. The summed E-state index contributed by atoms with van der Waals surface area (Å²) in [6, 6.07) is 13.2. The molecule has 0 fully saturated rings. The van der Waals surface area contributed by atoms with Crippen molar-refractivity contribution >= 4 is 21.6 Å². The topological polar surface area (TPSA) is 43.6 Å². The van der Waals surface area contributed by atoms with E-state index in [0.717, 1.165) is 22.9 Å². The van der Waals surface area contributed by atoms with Crippen molar-refractivity contribution in [1.82, 2.24) is 9.38 Å². The van der Waals surface area contributed by atoms with Gasteiger partial charge >= 0.3 is 0 Å². The first-order chi connectivity index (χ1) is 11.2. The van der Waals surface area contributed by atoms with E-state index >= 15 is 0 Å². The fraction of sp³-hybridized carbons (Fsp3) is 0.222. The van der Waals surface area contributed by atoms with Crippen LogP contribution in [0.15, 0.2) is 57.9 Å². The van der Waals surface area contributed by atoms with Crippen LogP contribution in [-0.4, -0.2) is 16.0 Å². The molecular weight excluding hydrogens is 356 g/mol. The first-order valence-electron chi connectivity index (χ1n) is 7.61. The minimum atomic E-state index is -0.131. The Morgan fingerprint density at radius 1 is 1.17 bits per heavy atom. The molecule has 2 aromatic heterocycles. The predicted octanol–water partition coefficient (Wildman–Crippen LogP) is 4.30. The summed E-state index contributed by atoms with van der Waals surface area (Å²) in [6.07, 6.45) is 3.68. The summed E-state index contributed by atoms with van der Waals surface area (Å²) >= 11 is 3.40. The Bertz CT molecular complexity index is 875. The van der Waals surface area contributed by atoms with Gasteiger partial charge in [-0.25, -0.2) is 0 Å². The van der Waals surface area contributed by atoms with Crippen LogP contribution in [0.25, 0.3) is 16.8 Å². The summed E-state index contributed by atoms with van der Waals surface area (Å²) in [5.74, 6) is 0.400. The lowest BCUT2D eigenvalue weighted by atomic mass is 10.1. The number of pyridine rings is 1. The van der Waals surface area contributed by atoms with Crippen LogP contribution in [0.4, 0.5) is 0 Å². The van der Waals surface area contributed by atoms with E-state index in [2.05, 4.69) is 27.8 Å². The van der Waals surface area contributed by atoms with Gasteiger partial charge in [0.1, 0.15) is 11.2 Å². The van der Waals surface area contributed by atoms with E-state index in [9.17, 15) is 4.79 Å². The third-order valence-electron chi connectivity index (χ3n) is 3.55. The van der Waals surface area contributed by atoms with Gasteiger partial charge in [0, 0.05) is 10.7 Å². The molecule has 0 radical (unpaired) electrons. The second kappa shape index (κ2) is 6.96. The van der Waals surface area contributed by atoms with Gasteiger partial charge in [-0.3, -0.25) is 9.20 Å². The van der Waals surface area contributed by atoms with Crippen molar-refractivity contribution in [3.63, 3.8) is 0 Å². The van der Waals surface area contributed by atoms with Gasteiger partial charge < -0.3 is 4.74 Å². The van der Waals surface area contributed by atoms with Crippen molar-refractivity contribution in [2.45, 2.75) is 19.8 Å². The molecule has 0 saturated heterocycles. The summed E-state index contributed by atoms with van der Waals surface area (Å²) in [7, 11) is 0. The quantitative estimate of drug-likeness (QED) is 0.627. The van der Waals surface area contributed by atoms with Crippen molar-refractivity contribution < 1.29 is 4.74 Å². The third-order valence-corrected chi connectivity index (χ3v) is 4.02. The van der Waals surface area contributed by atoms with Crippen LogP contribution in [0.3, 0.4) is 0 Å². The van der Waals surface area contributed by atoms with Crippen molar-refractivity contribution in [3.05, 3.63) is 63.5 Å². The summed E-state index contributed by atoms with van der Waals surface area (Å²) < 4.78 is 8.18. The number of ether oxygens (including phenoxy) is 1. The van der Waals surface area contributed by atoms with Crippen molar-refractivity contribution in [2.75, 3.05) is 6.61 Å². The molecule has 1 aromatic carbocycles. The van der Waals surface area contributed by atoms with Crippen LogP contribution in [-0.2, 0) is 0 Å². The zero-order chi connectivity index (χ0) is 16.2. The number of fused-ring (bicyclic) bond motifs is 1. The highest BCUT2D eigenvalue weighted by molar-refractivity contribution is 9.10. The molecule has 4 nitrogen and oxygen atoms in total. The van der Waals surface area contributed by atoms with Gasteiger partial charge in [-0.1, -0.05) is 43.7 Å². The molecule has 118 valence electrons. The third kappa shape index (κ3) is 3.29. The average molecular weight is 373 g/mol. The Hall–Kier alpha value is -2.14. The lowest BCUT2D eigenvalue weighted by Gasteiger charge is -2.12. The van der Waals surface area contributed by atoms with E-state index in [1.165, 1.54) is 0 Å². The van der Waals surface area contributed by atoms with Crippen molar-refractivity contribution in [1.29, 1.82) is 0 Å². The fourth-order valence-electron chi connectivity index (χ4n) is 2.36. The van der Waals surface area contributed by atoms with Crippen LogP contribution in [0.1, 0.15) is 19.8 Å². The first-order valence-corrected chi connectivity index (χ1v) is 8.40. The first kappa shape index (κ1) is 15.7. The van der Waals surface area contributed by atoms with Crippen LogP contribution in [0, 0.1) is 0 Å². The number of hydrogen-bond donors (Lipinski definition) is 0. The Kier molecular flexibility index (Phi) is 4.76. The molecule has 3 aromatic rings. The van der Waals surface area contributed by atoms with E-state index in [1.54, 1.807) is 16.7 Å². The van der Waals surface area contributed by atoms with E-state index in [0.29, 0.717) is 23.7 Å². The highest BCUT2D eigenvalue weighted by atomic mass is 79.9. The highest BCUT2D eigenvalue weighted by Crippen LogP contribution is 2.26. The number of unbranched alkanes of at least 4 members (excludes halogenated alkanes) is 1. The number of benzene rings is 1. The van der Waals surface area contributed by atoms with Crippen molar-refractivity contribution in [2.24, 2.45) is 0 Å². The van der Waals surface area contributed by atoms with Gasteiger partial charge in [-0.05, 0) is 40.0 Å². The fourth-order valence-corrected chi connectivity index (χ4v) is 2.70. The Balaban J connectivity index is 2.22. The van der Waals surface area contributed by atoms with Gasteiger partial charge in [0.15, 0.2) is 0 Å². The Morgan fingerprint density at radius 3 is 2.70 bits per heavy atom. The monoisotopic (exact) mass is 372 g/mol. The van der Waals surface area contributed by atoms with E-state index in [-0.39, 0.29) is 5.56 Å². The Labute approximate surface area is 142 Å². The molecule has 0 bridgehead atoms. The maximum Gasteiger partial charge on any atom is 0.269 e. The van der Waals surface area contributed by atoms with Crippen LogP contribution in [0.2, 0.25) is 0 Å². The summed E-state index contributed by atoms with van der Waals surface area (Å²) in [5, 5.41) is 0. The number of rotatable bonds is 5. The highest BCUT2D eigenvalue weighted by Gasteiger charge is 2.16. The second-order valence-corrected chi connectivity index (χ2v) is 6.16. The normalized spacial score (nSPS) is 10.9. The lowest BCUT2D eigenvalue weighted by molar-refractivity contribution is 0.299. The number of halogens is 1. The maximum atomic E-state index is 13.0. The van der Waals surface area contributed by atoms with Gasteiger partial charge in [0.05, 0.1) is 6.61 Å². The largest absolute Gasteiger partial charge is 0.477 e. The number of aromatic nitrogens is 2. The zero-order valence-electron chi connectivity index (χ0n) is 12.8. The molecule has 2 heterocycles. The molecule has 0 unspecified atom stereocenters. The predicted molar refractivity (Wildman–Crippen MR) is 95.0 cm³/mol. The van der Waals surface area contributed by atoms with Crippen LogP contribution >= 0.6 is 15.9 Å². The van der Waals surface area contributed by atoms with Crippen LogP contribution in [0.5, 0.6) is 5.88 Å². The molecule has 0 amide bonds. The summed E-state index contributed by atoms with van der Waals surface area (Å²) in [4.78, 5) is 17.5. The van der Waals surface area contributed by atoms with E-state index < -0.39 is 0 Å². The summed E-state index contributed by atoms with van der Waals surface area (Å²) in [6.45, 7) is 2.65. The Morgan fingerprint density at radius 2 is 1.96 bits per heavy atom. The SMILES string of the molecule is CCCCOc1nc2ccc(Br)cn2c(=O)c1-c1ccccc1. The van der Waals surface area contributed by atoms with Gasteiger partial charge in [-0.2, -0.15) is 4.98 Å². The van der Waals surface area contributed by atoms with Crippen LogP contribution < -0.4 is 10.3 Å².